The average Bonchev–Trinajstić information content (AvgIpc) is 2.84. The molecule has 2 unspecified atom stereocenters. The van der Waals surface area contributed by atoms with E-state index in [1.807, 2.05) is 0 Å². The fraction of sp³-hybridized carbons (Fsp3) is 0.700. The van der Waals surface area contributed by atoms with Gasteiger partial charge in [-0.2, -0.15) is 0 Å². The molecule has 0 saturated heterocycles. The van der Waals surface area contributed by atoms with E-state index in [1.165, 1.54) is 62.5 Å². The smallest absolute Gasteiger partial charge is 0.0131 e. The SMILES string of the molecule is CCCCCCCCc1ccc(C2CCC(C)(N)C2)cc1. The molecule has 2 atom stereocenters. The van der Waals surface area contributed by atoms with Crippen LogP contribution in [0.15, 0.2) is 24.3 Å². The first kappa shape index (κ1) is 16.5. The Morgan fingerprint density at radius 1 is 1.05 bits per heavy atom. The van der Waals surface area contributed by atoms with Crippen molar-refractivity contribution in [3.05, 3.63) is 35.4 Å². The molecule has 1 heteroatoms. The summed E-state index contributed by atoms with van der Waals surface area (Å²) in [4.78, 5) is 0. The summed E-state index contributed by atoms with van der Waals surface area (Å²) in [6, 6.07) is 9.37. The summed E-state index contributed by atoms with van der Waals surface area (Å²) in [6.07, 6.45) is 13.1. The van der Waals surface area contributed by atoms with Crippen molar-refractivity contribution in [2.24, 2.45) is 5.73 Å². The monoisotopic (exact) mass is 287 g/mol. The molecule has 0 bridgehead atoms. The molecule has 0 aromatic heterocycles. The first-order chi connectivity index (χ1) is 10.1. The van der Waals surface area contributed by atoms with Crippen LogP contribution in [0.4, 0.5) is 0 Å². The zero-order valence-electron chi connectivity index (χ0n) is 14.0. The van der Waals surface area contributed by atoms with Gasteiger partial charge in [-0.25, -0.2) is 0 Å². The van der Waals surface area contributed by atoms with Gasteiger partial charge in [-0.15, -0.1) is 0 Å². The largest absolute Gasteiger partial charge is 0.325 e. The van der Waals surface area contributed by atoms with Crippen molar-refractivity contribution >= 4 is 0 Å². The molecule has 1 nitrogen and oxygen atoms in total. The molecule has 2 N–H and O–H groups in total. The third-order valence-electron chi connectivity index (χ3n) is 5.05. The first-order valence-electron chi connectivity index (χ1n) is 8.98. The Kier molecular flexibility index (Phi) is 6.29. The molecule has 0 radical (unpaired) electrons. The average molecular weight is 287 g/mol. The predicted molar refractivity (Wildman–Crippen MR) is 92.7 cm³/mol. The van der Waals surface area contributed by atoms with Crippen LogP contribution in [0.1, 0.15) is 88.7 Å². The van der Waals surface area contributed by atoms with Crippen LogP contribution in [0, 0.1) is 0 Å². The number of unbranched alkanes of at least 4 members (excludes halogenated alkanes) is 5. The summed E-state index contributed by atoms with van der Waals surface area (Å²) in [5.74, 6) is 0.683. The van der Waals surface area contributed by atoms with Gasteiger partial charge in [-0.3, -0.25) is 0 Å². The van der Waals surface area contributed by atoms with Crippen LogP contribution in [0.5, 0.6) is 0 Å². The molecule has 1 aromatic carbocycles. The van der Waals surface area contributed by atoms with E-state index in [2.05, 4.69) is 38.1 Å². The lowest BCUT2D eigenvalue weighted by Gasteiger charge is -2.17. The molecular weight excluding hydrogens is 254 g/mol. The van der Waals surface area contributed by atoms with Crippen LogP contribution in [-0.2, 0) is 6.42 Å². The van der Waals surface area contributed by atoms with E-state index in [0.29, 0.717) is 5.92 Å². The van der Waals surface area contributed by atoms with Crippen molar-refractivity contribution in [2.45, 2.75) is 89.5 Å². The molecule has 1 aliphatic rings. The molecule has 0 aliphatic heterocycles. The van der Waals surface area contributed by atoms with Crippen LogP contribution in [0.2, 0.25) is 0 Å². The van der Waals surface area contributed by atoms with Crippen LogP contribution in [0.25, 0.3) is 0 Å². The number of hydrogen-bond acceptors (Lipinski definition) is 1. The Bertz CT molecular complexity index is 404. The number of benzene rings is 1. The second kappa shape index (κ2) is 7.98. The molecule has 1 saturated carbocycles. The highest BCUT2D eigenvalue weighted by Gasteiger charge is 2.32. The minimum Gasteiger partial charge on any atom is -0.325 e. The van der Waals surface area contributed by atoms with Gasteiger partial charge in [0.05, 0.1) is 0 Å². The lowest BCUT2D eigenvalue weighted by Crippen LogP contribution is -2.32. The number of hydrogen-bond donors (Lipinski definition) is 1. The molecule has 0 heterocycles. The standard InChI is InChI=1S/C20H33N/c1-3-4-5-6-7-8-9-17-10-12-18(13-11-17)19-14-15-20(2,21)16-19/h10-13,19H,3-9,14-16,21H2,1-2H3. The van der Waals surface area contributed by atoms with Crippen molar-refractivity contribution in [1.82, 2.24) is 0 Å². The van der Waals surface area contributed by atoms with E-state index >= 15 is 0 Å². The highest BCUT2D eigenvalue weighted by atomic mass is 14.7. The van der Waals surface area contributed by atoms with Crippen molar-refractivity contribution in [2.75, 3.05) is 0 Å². The summed E-state index contributed by atoms with van der Waals surface area (Å²) < 4.78 is 0. The Morgan fingerprint density at radius 2 is 1.71 bits per heavy atom. The Hall–Kier alpha value is -0.820. The van der Waals surface area contributed by atoms with Gasteiger partial charge in [0.15, 0.2) is 0 Å². The first-order valence-corrected chi connectivity index (χ1v) is 8.98. The van der Waals surface area contributed by atoms with Gasteiger partial charge in [0.2, 0.25) is 0 Å². The third-order valence-corrected chi connectivity index (χ3v) is 5.05. The van der Waals surface area contributed by atoms with E-state index in [-0.39, 0.29) is 5.54 Å². The predicted octanol–water partition coefficient (Wildman–Crippen LogP) is 5.57. The molecule has 0 amide bonds. The molecule has 1 aromatic rings. The Labute approximate surface area is 131 Å². The summed E-state index contributed by atoms with van der Waals surface area (Å²) in [6.45, 7) is 4.47. The summed E-state index contributed by atoms with van der Waals surface area (Å²) in [5, 5.41) is 0. The lowest BCUT2D eigenvalue weighted by atomic mass is 9.93. The minimum absolute atomic E-state index is 0.0574. The molecule has 1 aliphatic carbocycles. The van der Waals surface area contributed by atoms with Gasteiger partial charge in [-0.1, -0.05) is 63.3 Å². The minimum atomic E-state index is 0.0574. The maximum atomic E-state index is 6.25. The molecule has 118 valence electrons. The van der Waals surface area contributed by atoms with E-state index in [4.69, 9.17) is 5.73 Å². The zero-order valence-corrected chi connectivity index (χ0v) is 14.0. The van der Waals surface area contributed by atoms with Crippen LogP contribution < -0.4 is 5.73 Å². The van der Waals surface area contributed by atoms with Gasteiger partial charge in [0.25, 0.3) is 0 Å². The molecule has 1 fully saturated rings. The third kappa shape index (κ3) is 5.47. The van der Waals surface area contributed by atoms with Crippen molar-refractivity contribution < 1.29 is 0 Å². The van der Waals surface area contributed by atoms with Crippen LogP contribution in [0.3, 0.4) is 0 Å². The van der Waals surface area contributed by atoms with Crippen molar-refractivity contribution in [1.29, 1.82) is 0 Å². The Morgan fingerprint density at radius 3 is 2.33 bits per heavy atom. The number of aryl methyl sites for hydroxylation is 1. The van der Waals surface area contributed by atoms with Gasteiger partial charge < -0.3 is 5.73 Å². The van der Waals surface area contributed by atoms with Gasteiger partial charge in [-0.05, 0) is 56.1 Å². The lowest BCUT2D eigenvalue weighted by molar-refractivity contribution is 0.479. The van der Waals surface area contributed by atoms with Crippen molar-refractivity contribution in [3.8, 4) is 0 Å². The van der Waals surface area contributed by atoms with E-state index in [9.17, 15) is 0 Å². The Balaban J connectivity index is 1.72. The van der Waals surface area contributed by atoms with E-state index in [1.54, 1.807) is 0 Å². The van der Waals surface area contributed by atoms with Crippen molar-refractivity contribution in [3.63, 3.8) is 0 Å². The maximum absolute atomic E-state index is 6.25. The summed E-state index contributed by atoms with van der Waals surface area (Å²) in [7, 11) is 0. The van der Waals surface area contributed by atoms with E-state index in [0.717, 1.165) is 12.8 Å². The number of nitrogens with two attached hydrogens (primary N) is 1. The zero-order chi connectivity index (χ0) is 15.1. The van der Waals surface area contributed by atoms with Gasteiger partial charge in [0, 0.05) is 5.54 Å². The highest BCUT2D eigenvalue weighted by Crippen LogP contribution is 2.39. The second-order valence-electron chi connectivity index (χ2n) is 7.35. The van der Waals surface area contributed by atoms with Gasteiger partial charge >= 0.3 is 0 Å². The topological polar surface area (TPSA) is 26.0 Å². The normalized spacial score (nSPS) is 25.4. The molecule has 0 spiro atoms. The second-order valence-corrected chi connectivity index (χ2v) is 7.35. The highest BCUT2D eigenvalue weighted by molar-refractivity contribution is 5.27. The van der Waals surface area contributed by atoms with Gasteiger partial charge in [0.1, 0.15) is 0 Å². The summed E-state index contributed by atoms with van der Waals surface area (Å²) in [5.41, 5.74) is 9.31. The van der Waals surface area contributed by atoms with Crippen LogP contribution >= 0.6 is 0 Å². The molecule has 2 rings (SSSR count). The molecular formula is C20H33N. The van der Waals surface area contributed by atoms with Crippen LogP contribution in [-0.4, -0.2) is 5.54 Å². The maximum Gasteiger partial charge on any atom is 0.0131 e. The van der Waals surface area contributed by atoms with E-state index < -0.39 is 0 Å². The fourth-order valence-corrected chi connectivity index (χ4v) is 3.62. The summed E-state index contributed by atoms with van der Waals surface area (Å²) >= 11 is 0. The quantitative estimate of drug-likeness (QED) is 0.621. The molecule has 21 heavy (non-hydrogen) atoms. The number of rotatable bonds is 8. The fourth-order valence-electron chi connectivity index (χ4n) is 3.62.